The van der Waals surface area contributed by atoms with Crippen LogP contribution in [0.2, 0.25) is 0 Å². The van der Waals surface area contributed by atoms with Crippen molar-refractivity contribution in [1.82, 2.24) is 9.99 Å². The van der Waals surface area contributed by atoms with E-state index in [9.17, 15) is 27.9 Å². The molecule has 0 unspecified atom stereocenters. The van der Waals surface area contributed by atoms with Crippen LogP contribution >= 0.6 is 0 Å². The largest absolute Gasteiger partial charge is 0.510 e. The van der Waals surface area contributed by atoms with E-state index in [4.69, 9.17) is 4.74 Å². The molecule has 2 rings (SSSR count). The molecule has 1 aliphatic rings. The van der Waals surface area contributed by atoms with Crippen LogP contribution in [-0.2, 0) is 15.7 Å². The van der Waals surface area contributed by atoms with E-state index in [1.165, 1.54) is 0 Å². The third-order valence-electron chi connectivity index (χ3n) is 2.95. The number of hydrazine groups is 1. The summed E-state index contributed by atoms with van der Waals surface area (Å²) in [5.41, 5.74) is -2.01. The number of hydrogen-bond acceptors (Lipinski definition) is 6. The number of halogens is 3. The zero-order valence-electron chi connectivity index (χ0n) is 13.7. The van der Waals surface area contributed by atoms with E-state index in [-0.39, 0.29) is 18.0 Å². The van der Waals surface area contributed by atoms with Gasteiger partial charge in [-0.05, 0) is 32.9 Å². The summed E-state index contributed by atoms with van der Waals surface area (Å²) in [4.78, 5) is 27.6. The smallest absolute Gasteiger partial charge is 0.436 e. The van der Waals surface area contributed by atoms with Gasteiger partial charge in [0.25, 0.3) is 5.91 Å². The van der Waals surface area contributed by atoms with E-state index in [2.05, 4.69) is 4.98 Å². The Bertz CT molecular complexity index is 708. The maximum absolute atomic E-state index is 12.6. The lowest BCUT2D eigenvalue weighted by molar-refractivity contribution is -0.141. The van der Waals surface area contributed by atoms with Gasteiger partial charge in [0.2, 0.25) is 0 Å². The highest BCUT2D eigenvalue weighted by Gasteiger charge is 2.37. The number of pyridine rings is 1. The normalized spacial score (nSPS) is 15.9. The monoisotopic (exact) mass is 359 g/mol. The van der Waals surface area contributed by atoms with Gasteiger partial charge in [0.15, 0.2) is 0 Å². The van der Waals surface area contributed by atoms with Crippen molar-refractivity contribution in [3.05, 3.63) is 35.9 Å². The maximum Gasteiger partial charge on any atom is 0.436 e. The SMILES string of the molecule is CC(C)(C)OC(=O)N1C(=O)C=C(O)CN1c1ccc(C(F)(F)F)nc1. The van der Waals surface area contributed by atoms with Crippen LogP contribution in [0.15, 0.2) is 30.2 Å². The highest BCUT2D eigenvalue weighted by atomic mass is 19.4. The van der Waals surface area contributed by atoms with Crippen LogP contribution in [0.1, 0.15) is 26.5 Å². The Kier molecular flexibility index (Phi) is 4.65. The molecule has 0 aliphatic carbocycles. The number of ether oxygens (including phenoxy) is 1. The Morgan fingerprint density at radius 2 is 1.92 bits per heavy atom. The van der Waals surface area contributed by atoms with Gasteiger partial charge in [0.1, 0.15) is 17.1 Å². The average Bonchev–Trinajstić information content (AvgIpc) is 2.43. The molecule has 1 aromatic rings. The first-order valence-corrected chi connectivity index (χ1v) is 7.16. The standard InChI is InChI=1S/C15H16F3N3O4/c1-14(2,3)25-13(24)21-12(23)6-10(22)8-20(21)9-4-5-11(19-7-9)15(16,17)18/h4-7,22H,8H2,1-3H3. The van der Waals surface area contributed by atoms with E-state index in [0.29, 0.717) is 11.1 Å². The number of aliphatic hydroxyl groups excluding tert-OH is 1. The number of amides is 2. The lowest BCUT2D eigenvalue weighted by Crippen LogP contribution is -2.54. The van der Waals surface area contributed by atoms with Crippen molar-refractivity contribution in [3.63, 3.8) is 0 Å². The Labute approximate surface area is 141 Å². The van der Waals surface area contributed by atoms with Gasteiger partial charge in [-0.25, -0.2) is 9.78 Å². The van der Waals surface area contributed by atoms with Crippen LogP contribution < -0.4 is 5.01 Å². The number of anilines is 1. The van der Waals surface area contributed by atoms with Gasteiger partial charge in [-0.2, -0.15) is 13.2 Å². The number of carbonyl (C=O) groups excluding carboxylic acids is 2. The Morgan fingerprint density at radius 3 is 2.40 bits per heavy atom. The topological polar surface area (TPSA) is 83.0 Å². The van der Waals surface area contributed by atoms with Crippen molar-refractivity contribution in [2.75, 3.05) is 11.6 Å². The molecule has 0 spiro atoms. The number of rotatable bonds is 1. The molecule has 0 saturated carbocycles. The van der Waals surface area contributed by atoms with E-state index in [1.54, 1.807) is 20.8 Å². The summed E-state index contributed by atoms with van der Waals surface area (Å²) < 4.78 is 43.0. The first-order chi connectivity index (χ1) is 11.4. The number of imide groups is 1. The first-order valence-electron chi connectivity index (χ1n) is 7.16. The third-order valence-corrected chi connectivity index (χ3v) is 2.95. The lowest BCUT2D eigenvalue weighted by atomic mass is 10.2. The molecule has 0 bridgehead atoms. The number of alkyl halides is 3. The van der Waals surface area contributed by atoms with Gasteiger partial charge in [-0.3, -0.25) is 9.80 Å². The molecule has 25 heavy (non-hydrogen) atoms. The number of aromatic nitrogens is 1. The molecule has 0 atom stereocenters. The van der Waals surface area contributed by atoms with Gasteiger partial charge in [-0.15, -0.1) is 5.01 Å². The molecule has 0 radical (unpaired) electrons. The minimum absolute atomic E-state index is 0.00635. The Balaban J connectivity index is 2.36. The van der Waals surface area contributed by atoms with Crippen molar-refractivity contribution in [1.29, 1.82) is 0 Å². The summed E-state index contributed by atoms with van der Waals surface area (Å²) in [7, 11) is 0. The van der Waals surface area contributed by atoms with Crippen molar-refractivity contribution in [3.8, 4) is 0 Å². The van der Waals surface area contributed by atoms with Gasteiger partial charge < -0.3 is 9.84 Å². The fraction of sp³-hybridized carbons (Fsp3) is 0.400. The van der Waals surface area contributed by atoms with Crippen LogP contribution in [0.4, 0.5) is 23.7 Å². The number of nitrogens with zero attached hydrogens (tertiary/aromatic N) is 3. The third kappa shape index (κ3) is 4.40. The van der Waals surface area contributed by atoms with Crippen molar-refractivity contribution < 1.29 is 32.6 Å². The molecule has 0 saturated heterocycles. The molecule has 1 N–H and O–H groups in total. The van der Waals surface area contributed by atoms with E-state index in [0.717, 1.165) is 23.3 Å². The summed E-state index contributed by atoms with van der Waals surface area (Å²) in [5.74, 6) is -1.25. The van der Waals surface area contributed by atoms with Crippen LogP contribution in [0.3, 0.4) is 0 Å². The maximum atomic E-state index is 12.6. The van der Waals surface area contributed by atoms with Crippen LogP contribution in [0.25, 0.3) is 0 Å². The molecular formula is C15H16F3N3O4. The number of aliphatic hydroxyl groups is 1. The highest BCUT2D eigenvalue weighted by molar-refractivity contribution is 6.01. The van der Waals surface area contributed by atoms with E-state index >= 15 is 0 Å². The highest BCUT2D eigenvalue weighted by Crippen LogP contribution is 2.29. The summed E-state index contributed by atoms with van der Waals surface area (Å²) in [6.07, 6.45) is -3.96. The van der Waals surface area contributed by atoms with Gasteiger partial charge in [-0.1, -0.05) is 0 Å². The second-order valence-electron chi connectivity index (χ2n) is 6.22. The molecule has 2 heterocycles. The average molecular weight is 359 g/mol. The Hall–Kier alpha value is -2.78. The van der Waals surface area contributed by atoms with E-state index in [1.807, 2.05) is 0 Å². The molecule has 1 aromatic heterocycles. The van der Waals surface area contributed by atoms with Gasteiger partial charge >= 0.3 is 12.3 Å². The predicted molar refractivity (Wildman–Crippen MR) is 80.4 cm³/mol. The molecule has 2 amide bonds. The molecule has 7 nitrogen and oxygen atoms in total. The van der Waals surface area contributed by atoms with Crippen LogP contribution in [0.5, 0.6) is 0 Å². The molecule has 0 aromatic carbocycles. The molecule has 0 fully saturated rings. The summed E-state index contributed by atoms with van der Waals surface area (Å²) in [5, 5.41) is 11.2. The second-order valence-corrected chi connectivity index (χ2v) is 6.22. The van der Waals surface area contributed by atoms with Crippen LogP contribution in [-0.4, -0.2) is 39.2 Å². The zero-order valence-corrected chi connectivity index (χ0v) is 13.7. The molecular weight excluding hydrogens is 343 g/mol. The van der Waals surface area contributed by atoms with Gasteiger partial charge in [0.05, 0.1) is 18.4 Å². The van der Waals surface area contributed by atoms with Crippen molar-refractivity contribution in [2.24, 2.45) is 0 Å². The van der Waals surface area contributed by atoms with Crippen molar-refractivity contribution >= 4 is 17.7 Å². The Morgan fingerprint density at radius 1 is 1.28 bits per heavy atom. The van der Waals surface area contributed by atoms with Gasteiger partial charge in [0, 0.05) is 6.08 Å². The zero-order chi connectivity index (χ0) is 19.0. The predicted octanol–water partition coefficient (Wildman–Crippen LogP) is 3.04. The fourth-order valence-corrected chi connectivity index (χ4v) is 2.00. The fourth-order valence-electron chi connectivity index (χ4n) is 2.00. The number of carbonyl (C=O) groups is 2. The second kappa shape index (κ2) is 6.26. The minimum atomic E-state index is -4.62. The lowest BCUT2D eigenvalue weighted by Gasteiger charge is -2.37. The first kappa shape index (κ1) is 18.6. The van der Waals surface area contributed by atoms with Crippen molar-refractivity contribution in [2.45, 2.75) is 32.5 Å². The minimum Gasteiger partial charge on any atom is -0.510 e. The van der Waals surface area contributed by atoms with E-state index < -0.39 is 29.5 Å². The molecule has 1 aliphatic heterocycles. The summed E-state index contributed by atoms with van der Waals surface area (Å²) in [6, 6.07) is 1.75. The quantitative estimate of drug-likeness (QED) is 0.830. The summed E-state index contributed by atoms with van der Waals surface area (Å²) in [6.45, 7) is 4.47. The molecule has 10 heteroatoms. The number of hydrogen-bond donors (Lipinski definition) is 1. The molecule has 136 valence electrons. The summed E-state index contributed by atoms with van der Waals surface area (Å²) >= 11 is 0. The van der Waals surface area contributed by atoms with Crippen LogP contribution in [0, 0.1) is 0 Å².